The van der Waals surface area contributed by atoms with Gasteiger partial charge < -0.3 is 84.6 Å². The Balaban J connectivity index is 1.10. The van der Waals surface area contributed by atoms with Crippen molar-refractivity contribution in [3.8, 4) is 0 Å². The van der Waals surface area contributed by atoms with Crippen molar-refractivity contribution in [3.05, 3.63) is 12.2 Å². The van der Waals surface area contributed by atoms with Crippen LogP contribution in [0, 0.1) is 28.1 Å². The van der Waals surface area contributed by atoms with E-state index >= 15 is 0 Å². The van der Waals surface area contributed by atoms with Gasteiger partial charge in [0.2, 0.25) is 6.29 Å². The fraction of sp³-hybridized carbons (Fsp3) is 0.921. The van der Waals surface area contributed by atoms with Crippen molar-refractivity contribution in [2.45, 2.75) is 169 Å². The number of ether oxygens (including phenoxy) is 6. The van der Waals surface area contributed by atoms with Gasteiger partial charge in [0, 0.05) is 0 Å². The molecule has 18 nitrogen and oxygen atoms in total. The SMILES string of the molecule is C=C1C[C@@]23CC[C@H]4[C@@](C)(CCC[C@@]4(C)C(=O)OC4OC(CO)C(O)C(O)C4O)[C@@H]2CC[C@]1(O[C@@H]1O[C@H](CO)C(O)C(O)C1O[C@H]1O[C@@H](CO)[C@@H](O)C(O)C1O)C3. The molecule has 4 saturated carbocycles. The molecule has 2 bridgehead atoms. The molecule has 10 unspecified atom stereocenters. The van der Waals surface area contributed by atoms with Gasteiger partial charge in [0.15, 0.2) is 12.6 Å². The molecular weight excluding hydrogens is 744 g/mol. The van der Waals surface area contributed by atoms with Crippen molar-refractivity contribution in [3.63, 3.8) is 0 Å². The van der Waals surface area contributed by atoms with Gasteiger partial charge in [-0.15, -0.1) is 0 Å². The monoisotopic (exact) mass is 804 g/mol. The number of aliphatic hydroxyl groups is 11. The molecule has 320 valence electrons. The number of hydrogen-bond acceptors (Lipinski definition) is 18. The number of fused-ring (bicyclic) bond motifs is 3. The molecule has 0 amide bonds. The molecule has 21 atom stereocenters. The molecule has 18 heteroatoms. The van der Waals surface area contributed by atoms with E-state index in [1.165, 1.54) is 0 Å². The first kappa shape index (κ1) is 42.7. The van der Waals surface area contributed by atoms with Gasteiger partial charge in [0.05, 0.1) is 30.8 Å². The summed E-state index contributed by atoms with van der Waals surface area (Å²) in [5, 5.41) is 114. The maximum atomic E-state index is 14.1. The molecule has 0 aromatic heterocycles. The van der Waals surface area contributed by atoms with Gasteiger partial charge in [0.25, 0.3) is 0 Å². The first-order valence-electron chi connectivity index (χ1n) is 19.9. The van der Waals surface area contributed by atoms with Gasteiger partial charge in [-0.1, -0.05) is 19.9 Å². The van der Waals surface area contributed by atoms with Crippen LogP contribution in [0.4, 0.5) is 0 Å². The Morgan fingerprint density at radius 1 is 0.679 bits per heavy atom. The van der Waals surface area contributed by atoms with Crippen LogP contribution in [-0.2, 0) is 33.2 Å². The predicted octanol–water partition coefficient (Wildman–Crippen LogP) is -2.94. The number of carbonyl (C=O) groups is 1. The highest BCUT2D eigenvalue weighted by molar-refractivity contribution is 5.77. The van der Waals surface area contributed by atoms with Crippen LogP contribution >= 0.6 is 0 Å². The van der Waals surface area contributed by atoms with Crippen LogP contribution in [0.25, 0.3) is 0 Å². The molecular formula is C38H60O18. The van der Waals surface area contributed by atoms with Crippen LogP contribution in [0.15, 0.2) is 12.2 Å². The van der Waals surface area contributed by atoms with Gasteiger partial charge in [-0.2, -0.15) is 0 Å². The normalized spacial score (nSPS) is 54.6. The van der Waals surface area contributed by atoms with Crippen LogP contribution in [-0.4, -0.2) is 180 Å². The molecule has 7 rings (SSSR count). The minimum absolute atomic E-state index is 0.121. The Morgan fingerprint density at radius 2 is 1.21 bits per heavy atom. The maximum absolute atomic E-state index is 14.1. The van der Waals surface area contributed by atoms with Crippen LogP contribution in [0.3, 0.4) is 0 Å². The van der Waals surface area contributed by atoms with Gasteiger partial charge in [-0.25, -0.2) is 0 Å². The predicted molar refractivity (Wildman–Crippen MR) is 186 cm³/mol. The Morgan fingerprint density at radius 3 is 1.82 bits per heavy atom. The smallest absolute Gasteiger partial charge is 0.314 e. The number of aliphatic hydroxyl groups excluding tert-OH is 11. The zero-order valence-corrected chi connectivity index (χ0v) is 31.8. The highest BCUT2D eigenvalue weighted by Gasteiger charge is 2.69. The van der Waals surface area contributed by atoms with Crippen molar-refractivity contribution >= 4 is 5.97 Å². The molecule has 4 aliphatic carbocycles. The molecule has 1 spiro atoms. The fourth-order valence-electron chi connectivity index (χ4n) is 12.0. The van der Waals surface area contributed by atoms with Crippen LogP contribution < -0.4 is 0 Å². The summed E-state index contributed by atoms with van der Waals surface area (Å²) >= 11 is 0. The highest BCUT2D eigenvalue weighted by atomic mass is 16.8. The summed E-state index contributed by atoms with van der Waals surface area (Å²) in [7, 11) is 0. The summed E-state index contributed by atoms with van der Waals surface area (Å²) < 4.78 is 35.6. The Hall–Kier alpha value is -1.43. The molecule has 3 saturated heterocycles. The molecule has 0 aromatic rings. The zero-order valence-electron chi connectivity index (χ0n) is 31.8. The summed E-state index contributed by atoms with van der Waals surface area (Å²) in [5.74, 6) is -0.591. The number of rotatable bonds is 9. The van der Waals surface area contributed by atoms with Crippen LogP contribution in [0.2, 0.25) is 0 Å². The third-order valence-corrected chi connectivity index (χ3v) is 15.0. The summed E-state index contributed by atoms with van der Waals surface area (Å²) in [6, 6.07) is 0. The molecule has 0 radical (unpaired) electrons. The lowest BCUT2D eigenvalue weighted by atomic mass is 9.41. The Labute approximate surface area is 324 Å². The minimum atomic E-state index is -1.81. The van der Waals surface area contributed by atoms with Gasteiger partial charge in [-0.05, 0) is 86.5 Å². The van der Waals surface area contributed by atoms with Gasteiger partial charge >= 0.3 is 5.97 Å². The van der Waals surface area contributed by atoms with Crippen molar-refractivity contribution in [1.29, 1.82) is 0 Å². The van der Waals surface area contributed by atoms with Gasteiger partial charge in [0.1, 0.15) is 73.2 Å². The van der Waals surface area contributed by atoms with E-state index in [0.29, 0.717) is 44.9 Å². The largest absolute Gasteiger partial charge is 0.432 e. The summed E-state index contributed by atoms with van der Waals surface area (Å²) in [6.07, 6.45) is -17.8. The summed E-state index contributed by atoms with van der Waals surface area (Å²) in [5.41, 5.74) is -1.80. The Bertz CT molecular complexity index is 1450. The van der Waals surface area contributed by atoms with Crippen molar-refractivity contribution < 1.29 is 89.4 Å². The highest BCUT2D eigenvalue weighted by Crippen LogP contribution is 2.73. The number of hydrogen-bond donors (Lipinski definition) is 11. The second kappa shape index (κ2) is 15.6. The van der Waals surface area contributed by atoms with E-state index in [-0.39, 0.29) is 22.7 Å². The quantitative estimate of drug-likeness (QED) is 0.0631. The first-order chi connectivity index (χ1) is 26.4. The average molecular weight is 805 g/mol. The van der Waals surface area contributed by atoms with Crippen molar-refractivity contribution in [2.24, 2.45) is 28.1 Å². The van der Waals surface area contributed by atoms with Gasteiger partial charge in [-0.3, -0.25) is 4.79 Å². The lowest BCUT2D eigenvalue weighted by Gasteiger charge is -2.64. The van der Waals surface area contributed by atoms with E-state index in [9.17, 15) is 61.0 Å². The van der Waals surface area contributed by atoms with Crippen molar-refractivity contribution in [2.75, 3.05) is 19.8 Å². The molecule has 3 aliphatic heterocycles. The molecule has 7 aliphatic rings. The van der Waals surface area contributed by atoms with Crippen molar-refractivity contribution in [1.82, 2.24) is 0 Å². The number of esters is 1. The van der Waals surface area contributed by atoms with E-state index < -0.39 is 129 Å². The molecule has 56 heavy (non-hydrogen) atoms. The summed E-state index contributed by atoms with van der Waals surface area (Å²) in [4.78, 5) is 14.1. The molecule has 3 heterocycles. The third kappa shape index (κ3) is 6.69. The number of carbonyl (C=O) groups excluding carboxylic acids is 1. The standard InChI is InChI=1S/C38H60O18/c1-16-11-37-9-5-20-35(2,7-4-8-36(20,3)34(50)55-32-29(49)26(46)23(43)18(13-40)52-32)21(37)6-10-38(16,15-37)56-33-30(27(47)24(44)19(14-41)53-33)54-31-28(48)25(45)22(42)17(12-39)51-31/h17-33,39-49H,1,4-15H2,2-3H3/t17-,18?,19+,20-,21-,22+,23?,24?,25?,26?,27?,28?,29?,30?,31+,32?,33-,35+,36+,37+,38-/m0/s1. The molecule has 0 aromatic carbocycles. The summed E-state index contributed by atoms with van der Waals surface area (Å²) in [6.45, 7) is 6.52. The molecule has 7 fully saturated rings. The van der Waals surface area contributed by atoms with Crippen LogP contribution in [0.5, 0.6) is 0 Å². The van der Waals surface area contributed by atoms with Crippen LogP contribution in [0.1, 0.15) is 71.6 Å². The lowest BCUT2D eigenvalue weighted by molar-refractivity contribution is -0.378. The second-order valence-corrected chi connectivity index (χ2v) is 18.0. The Kier molecular flexibility index (Phi) is 11.9. The molecule has 11 N–H and O–H groups in total. The minimum Gasteiger partial charge on any atom is -0.432 e. The van der Waals surface area contributed by atoms with E-state index in [4.69, 9.17) is 28.4 Å². The lowest BCUT2D eigenvalue weighted by Crippen LogP contribution is -2.65. The first-order valence-corrected chi connectivity index (χ1v) is 19.9. The zero-order chi connectivity index (χ0) is 40.7. The third-order valence-electron chi connectivity index (χ3n) is 15.0. The van der Waals surface area contributed by atoms with E-state index in [2.05, 4.69) is 13.5 Å². The van der Waals surface area contributed by atoms with E-state index in [1.54, 1.807) is 0 Å². The van der Waals surface area contributed by atoms with E-state index in [0.717, 1.165) is 18.4 Å². The topological polar surface area (TPSA) is 295 Å². The fourth-order valence-corrected chi connectivity index (χ4v) is 12.0. The second-order valence-electron chi connectivity index (χ2n) is 18.0. The maximum Gasteiger partial charge on any atom is 0.314 e. The van der Waals surface area contributed by atoms with E-state index in [1.807, 2.05) is 6.92 Å². The average Bonchev–Trinajstić information content (AvgIpc) is 3.37.